The summed E-state index contributed by atoms with van der Waals surface area (Å²) in [4.78, 5) is 2.19. The molecule has 0 saturated heterocycles. The minimum Gasteiger partial charge on any atom is -0.344 e. The molecular weight excluding hydrogens is 676 g/mol. The van der Waals surface area contributed by atoms with Crippen LogP contribution in [0.1, 0.15) is 64.5 Å². The lowest BCUT2D eigenvalue weighted by atomic mass is 9.81. The van der Waals surface area contributed by atoms with Crippen molar-refractivity contribution in [2.24, 2.45) is 0 Å². The summed E-state index contributed by atoms with van der Waals surface area (Å²) in [7, 11) is -4.48. The summed E-state index contributed by atoms with van der Waals surface area (Å²) in [5.74, 6) is 0. The lowest BCUT2D eigenvalue weighted by molar-refractivity contribution is -0.439. The van der Waals surface area contributed by atoms with Crippen LogP contribution in [-0.2, 0) is 39.0 Å². The van der Waals surface area contributed by atoms with Gasteiger partial charge in [-0.25, -0.2) is 9.44 Å². The third kappa shape index (κ3) is 7.99. The fourth-order valence-corrected chi connectivity index (χ4v) is 7.76. The van der Waals surface area contributed by atoms with Crippen LogP contribution in [0.5, 0.6) is 0 Å². The molecule has 0 amide bonds. The largest absolute Gasteiger partial charge is 0.397 e. The number of fused-ring (bicyclic) bond motifs is 2. The molecule has 0 bridgehead atoms. The highest BCUT2D eigenvalue weighted by Crippen LogP contribution is 2.48. The Bertz CT molecular complexity index is 1780. The van der Waals surface area contributed by atoms with Crippen molar-refractivity contribution in [3.05, 3.63) is 106 Å². The zero-order valence-electron chi connectivity index (χ0n) is 27.5. The summed E-state index contributed by atoms with van der Waals surface area (Å²) in [5.41, 5.74) is 8.54. The van der Waals surface area contributed by atoms with Crippen molar-refractivity contribution >= 4 is 51.4 Å². The van der Waals surface area contributed by atoms with E-state index in [-0.39, 0.29) is 17.4 Å². The summed E-state index contributed by atoms with van der Waals surface area (Å²) in [6, 6.07) is 16.6. The van der Waals surface area contributed by atoms with E-state index in [9.17, 15) is 8.42 Å². The van der Waals surface area contributed by atoms with Crippen molar-refractivity contribution < 1.29 is 40.5 Å². The van der Waals surface area contributed by atoms with E-state index in [4.69, 9.17) is 25.6 Å². The number of hydrogen-bond acceptors (Lipinski definition) is 9. The Labute approximate surface area is 292 Å². The molecule has 0 radical (unpaired) electrons. The fourth-order valence-electron chi connectivity index (χ4n) is 6.87. The maximum absolute atomic E-state index is 11.1. The highest BCUT2D eigenvalue weighted by molar-refractivity contribution is 7.89. The van der Waals surface area contributed by atoms with Crippen LogP contribution in [-0.4, -0.2) is 54.8 Å². The monoisotopic (exact) mass is 717 g/mol. The number of allylic oxidation sites excluding steroid dienone is 8. The minimum atomic E-state index is -4.48. The van der Waals surface area contributed by atoms with Gasteiger partial charge in [0.25, 0.3) is 0 Å². The van der Waals surface area contributed by atoms with E-state index in [0.29, 0.717) is 31.9 Å². The van der Waals surface area contributed by atoms with Gasteiger partial charge in [-0.05, 0) is 62.0 Å². The third-order valence-corrected chi connectivity index (χ3v) is 10.5. The number of rotatable bonds is 15. The van der Waals surface area contributed by atoms with Gasteiger partial charge < -0.3 is 4.90 Å². The van der Waals surface area contributed by atoms with Crippen molar-refractivity contribution in [2.75, 3.05) is 31.2 Å². The third-order valence-electron chi connectivity index (χ3n) is 9.19. The molecular formula is C35H42ClN2O8S2+. The molecule has 258 valence electrons. The Morgan fingerprint density at radius 2 is 1.69 bits per heavy atom. The highest BCUT2D eigenvalue weighted by Gasteiger charge is 2.44. The lowest BCUT2D eigenvalue weighted by Gasteiger charge is -2.27. The molecule has 2 heterocycles. The molecule has 0 unspecified atom stereocenters. The summed E-state index contributed by atoms with van der Waals surface area (Å²) < 4.78 is 47.6. The Morgan fingerprint density at radius 1 is 0.958 bits per heavy atom. The molecule has 3 aliphatic rings. The number of para-hydroxylation sites is 2. The van der Waals surface area contributed by atoms with Crippen LogP contribution >= 0.6 is 23.9 Å². The van der Waals surface area contributed by atoms with Gasteiger partial charge in [0.1, 0.15) is 0 Å². The van der Waals surface area contributed by atoms with E-state index in [1.165, 1.54) is 16.8 Å². The summed E-state index contributed by atoms with van der Waals surface area (Å²) in [6.07, 6.45) is 11.3. The van der Waals surface area contributed by atoms with Crippen molar-refractivity contribution in [3.63, 3.8) is 0 Å². The van der Waals surface area contributed by atoms with Crippen molar-refractivity contribution in [3.8, 4) is 0 Å². The Hall–Kier alpha value is -2.78. The lowest BCUT2D eigenvalue weighted by Crippen LogP contribution is -2.28. The predicted octanol–water partition coefficient (Wildman–Crippen LogP) is 8.11. The first-order valence-corrected chi connectivity index (χ1v) is 18.3. The molecule has 2 N–H and O–H groups in total. The van der Waals surface area contributed by atoms with Gasteiger partial charge in [0.15, 0.2) is 24.6 Å². The summed E-state index contributed by atoms with van der Waals surface area (Å²) in [6.45, 7) is 10.4. The van der Waals surface area contributed by atoms with Gasteiger partial charge in [-0.1, -0.05) is 79.0 Å². The van der Waals surface area contributed by atoms with E-state index in [0.717, 1.165) is 59.1 Å². The quantitative estimate of drug-likeness (QED) is 0.0467. The number of anilines is 1. The zero-order chi connectivity index (χ0) is 34.5. The van der Waals surface area contributed by atoms with Crippen molar-refractivity contribution in [1.29, 1.82) is 0 Å². The van der Waals surface area contributed by atoms with E-state index in [1.54, 1.807) is 0 Å². The Balaban J connectivity index is 1.38. The molecule has 48 heavy (non-hydrogen) atoms. The van der Waals surface area contributed by atoms with Gasteiger partial charge >= 0.3 is 10.4 Å². The van der Waals surface area contributed by atoms with Crippen LogP contribution in [0.3, 0.4) is 0 Å². The Kier molecular flexibility index (Phi) is 11.7. The minimum absolute atomic E-state index is 0.114. The van der Waals surface area contributed by atoms with Crippen LogP contribution in [0.15, 0.2) is 94.7 Å². The van der Waals surface area contributed by atoms with Gasteiger partial charge in [-0.3, -0.25) is 8.74 Å². The molecule has 5 rings (SSSR count). The maximum atomic E-state index is 11.1. The van der Waals surface area contributed by atoms with Crippen LogP contribution in [0.2, 0.25) is 0 Å². The van der Waals surface area contributed by atoms with Crippen LogP contribution < -0.4 is 4.90 Å². The van der Waals surface area contributed by atoms with E-state index in [1.807, 2.05) is 18.2 Å². The van der Waals surface area contributed by atoms with Gasteiger partial charge in [0.2, 0.25) is 5.69 Å². The molecule has 0 saturated carbocycles. The summed E-state index contributed by atoms with van der Waals surface area (Å²) in [5, 5.41) is 12.6. The first kappa shape index (κ1) is 36.5. The van der Waals surface area contributed by atoms with Gasteiger partial charge in [-0.15, -0.1) is 4.33 Å². The first-order chi connectivity index (χ1) is 22.9. The number of hydrogen-bond donors (Lipinski definition) is 2. The average Bonchev–Trinajstić information content (AvgIpc) is 3.58. The average molecular weight is 718 g/mol. The Morgan fingerprint density at radius 3 is 2.44 bits per heavy atom. The smallest absolute Gasteiger partial charge is 0.344 e. The standard InChI is InChI=1S/C35H41ClN2O8S2/c1-34(2)27-11-5-7-13-29(27)37(21-9-23-43-47-46-45-39)31(34)19-17-25-15-16-26(33(25)36)18-20-32-35(3,4)28-12-6-8-14-30(28)38(32)22-10-24-44-48(40,41)42/h5-8,11-14,17-20H,9-10,15-16,21-24H2,1-4H3,(H-,39,40,41,42)/p+1. The fraction of sp³-hybridized carbons (Fsp3) is 0.400. The molecule has 0 spiro atoms. The van der Waals surface area contributed by atoms with Crippen LogP contribution in [0.4, 0.5) is 11.4 Å². The summed E-state index contributed by atoms with van der Waals surface area (Å²) >= 11 is 7.62. The first-order valence-electron chi connectivity index (χ1n) is 15.8. The SMILES string of the molecule is CC1(C)C(=CC=C2CCC(C=CC3=[N+](CCCOSOOO)c4ccccc4C3(C)C)=C2Cl)N(CCCOS(=O)(=O)O)c2ccccc21. The number of nitrogens with zero attached hydrogens (tertiary/aromatic N) is 2. The van der Waals surface area contributed by atoms with Gasteiger partial charge in [0, 0.05) is 52.5 Å². The molecule has 1 aliphatic carbocycles. The molecule has 2 aliphatic heterocycles. The van der Waals surface area contributed by atoms with Crippen LogP contribution in [0.25, 0.3) is 0 Å². The predicted molar refractivity (Wildman–Crippen MR) is 189 cm³/mol. The second kappa shape index (κ2) is 15.4. The second-order valence-electron chi connectivity index (χ2n) is 12.9. The second-order valence-corrected chi connectivity index (χ2v) is 14.9. The topological polar surface area (TPSA) is 118 Å². The number of halogens is 1. The molecule has 2 aromatic carbocycles. The van der Waals surface area contributed by atoms with E-state index < -0.39 is 10.4 Å². The van der Waals surface area contributed by atoms with Crippen LogP contribution in [0, 0.1) is 0 Å². The van der Waals surface area contributed by atoms with E-state index >= 15 is 0 Å². The molecule has 2 aromatic rings. The highest BCUT2D eigenvalue weighted by atomic mass is 35.5. The zero-order valence-corrected chi connectivity index (χ0v) is 29.9. The van der Waals surface area contributed by atoms with Gasteiger partial charge in [-0.2, -0.15) is 13.0 Å². The van der Waals surface area contributed by atoms with Gasteiger partial charge in [0.05, 0.1) is 18.6 Å². The maximum Gasteiger partial charge on any atom is 0.397 e. The molecule has 10 nitrogen and oxygen atoms in total. The number of benzene rings is 2. The normalized spacial score (nSPS) is 20.2. The van der Waals surface area contributed by atoms with Crippen molar-refractivity contribution in [1.82, 2.24) is 0 Å². The van der Waals surface area contributed by atoms with Crippen molar-refractivity contribution in [2.45, 2.75) is 64.2 Å². The molecule has 13 heteroatoms. The molecule has 0 atom stereocenters. The molecule has 0 aromatic heterocycles. The molecule has 0 fully saturated rings. The van der Waals surface area contributed by atoms with E-state index in [2.05, 4.69) is 105 Å².